The Balaban J connectivity index is 0.00000361. The van der Waals surface area contributed by atoms with Gasteiger partial charge in [-0.3, -0.25) is 4.79 Å². The largest absolute Gasteiger partial charge is 0.490 e. The van der Waals surface area contributed by atoms with Gasteiger partial charge in [0.2, 0.25) is 0 Å². The van der Waals surface area contributed by atoms with Gasteiger partial charge in [-0.2, -0.15) is 0 Å². The third-order valence-electron chi connectivity index (χ3n) is 2.43. The van der Waals surface area contributed by atoms with Gasteiger partial charge < -0.3 is 15.8 Å². The number of amides is 1. The van der Waals surface area contributed by atoms with E-state index in [1.54, 1.807) is 18.2 Å². The van der Waals surface area contributed by atoms with Crippen LogP contribution in [0.3, 0.4) is 0 Å². The van der Waals surface area contributed by atoms with Crippen molar-refractivity contribution in [2.45, 2.75) is 39.3 Å². The Morgan fingerprint density at radius 3 is 2.60 bits per heavy atom. The fourth-order valence-electron chi connectivity index (χ4n) is 1.54. The van der Waals surface area contributed by atoms with Crippen molar-refractivity contribution in [2.75, 3.05) is 6.54 Å². The fraction of sp³-hybridized carbons (Fsp3) is 0.500. The van der Waals surface area contributed by atoms with Gasteiger partial charge in [-0.25, -0.2) is 0 Å². The van der Waals surface area contributed by atoms with Crippen LogP contribution in [0.4, 0.5) is 0 Å². The monoisotopic (exact) mass is 320 g/mol. The Morgan fingerprint density at radius 2 is 2.05 bits per heavy atom. The highest BCUT2D eigenvalue weighted by atomic mass is 35.5. The number of rotatable bonds is 6. The van der Waals surface area contributed by atoms with Crippen molar-refractivity contribution in [1.29, 1.82) is 0 Å². The number of halogens is 2. The topological polar surface area (TPSA) is 64.3 Å². The average molecular weight is 321 g/mol. The van der Waals surface area contributed by atoms with Crippen molar-refractivity contribution in [3.63, 3.8) is 0 Å². The zero-order valence-electron chi connectivity index (χ0n) is 12.0. The van der Waals surface area contributed by atoms with Gasteiger partial charge in [0.1, 0.15) is 5.75 Å². The quantitative estimate of drug-likeness (QED) is 0.846. The molecule has 0 fully saturated rings. The lowest BCUT2D eigenvalue weighted by Crippen LogP contribution is -2.29. The molecule has 0 aliphatic rings. The minimum Gasteiger partial charge on any atom is -0.490 e. The first kappa shape index (κ1) is 19.0. The third kappa shape index (κ3) is 6.46. The molecule has 114 valence electrons. The minimum absolute atomic E-state index is 0. The van der Waals surface area contributed by atoms with E-state index < -0.39 is 0 Å². The van der Waals surface area contributed by atoms with Crippen molar-refractivity contribution < 1.29 is 9.53 Å². The maximum Gasteiger partial charge on any atom is 0.255 e. The zero-order chi connectivity index (χ0) is 14.4. The number of nitrogens with two attached hydrogens (primary N) is 1. The second-order valence-electron chi connectivity index (χ2n) is 4.83. The van der Waals surface area contributed by atoms with Crippen LogP contribution in [0.2, 0.25) is 5.02 Å². The summed E-state index contributed by atoms with van der Waals surface area (Å²) in [5.74, 6) is 0.344. The van der Waals surface area contributed by atoms with Crippen LogP contribution in [0.25, 0.3) is 0 Å². The standard InChI is InChI=1S/C14H21ClN2O2.ClH/c1-9(2)19-13-5-4-11(15)8-12(13)14(18)17-7-6-10(3)16;/h4-5,8-10H,6-7,16H2,1-3H3,(H,17,18);1H. The van der Waals surface area contributed by atoms with E-state index in [1.807, 2.05) is 20.8 Å². The summed E-state index contributed by atoms with van der Waals surface area (Å²) in [4.78, 5) is 12.1. The van der Waals surface area contributed by atoms with E-state index in [9.17, 15) is 4.79 Å². The van der Waals surface area contributed by atoms with Gasteiger partial charge in [-0.15, -0.1) is 12.4 Å². The smallest absolute Gasteiger partial charge is 0.255 e. The summed E-state index contributed by atoms with van der Waals surface area (Å²) in [6, 6.07) is 5.09. The maximum atomic E-state index is 12.1. The van der Waals surface area contributed by atoms with Crippen molar-refractivity contribution in [2.24, 2.45) is 5.73 Å². The number of benzene rings is 1. The number of carbonyl (C=O) groups excluding carboxylic acids is 1. The molecule has 0 saturated heterocycles. The summed E-state index contributed by atoms with van der Waals surface area (Å²) in [6.45, 7) is 6.25. The van der Waals surface area contributed by atoms with Crippen LogP contribution in [0, 0.1) is 0 Å². The molecule has 1 atom stereocenters. The van der Waals surface area contributed by atoms with Gasteiger partial charge in [-0.1, -0.05) is 11.6 Å². The lowest BCUT2D eigenvalue weighted by atomic mass is 10.1. The molecule has 1 unspecified atom stereocenters. The first-order chi connectivity index (χ1) is 8.90. The molecule has 20 heavy (non-hydrogen) atoms. The average Bonchev–Trinajstić information content (AvgIpc) is 2.30. The molecule has 0 spiro atoms. The highest BCUT2D eigenvalue weighted by molar-refractivity contribution is 6.31. The minimum atomic E-state index is -0.196. The van der Waals surface area contributed by atoms with Crippen LogP contribution in [-0.2, 0) is 0 Å². The molecule has 0 heterocycles. The maximum absolute atomic E-state index is 12.1. The van der Waals surface area contributed by atoms with Crippen molar-refractivity contribution in [3.8, 4) is 5.75 Å². The predicted molar refractivity (Wildman–Crippen MR) is 85.1 cm³/mol. The first-order valence-electron chi connectivity index (χ1n) is 6.40. The van der Waals surface area contributed by atoms with Crippen LogP contribution in [0.5, 0.6) is 5.75 Å². The highest BCUT2D eigenvalue weighted by Crippen LogP contribution is 2.23. The Kier molecular flexibility index (Phi) is 8.62. The Bertz CT molecular complexity index is 437. The summed E-state index contributed by atoms with van der Waals surface area (Å²) in [7, 11) is 0. The van der Waals surface area contributed by atoms with Crippen LogP contribution in [-0.4, -0.2) is 24.6 Å². The van der Waals surface area contributed by atoms with Gasteiger partial charge in [0.25, 0.3) is 5.91 Å². The summed E-state index contributed by atoms with van der Waals surface area (Å²) in [6.07, 6.45) is 0.726. The predicted octanol–water partition coefficient (Wildman–Crippen LogP) is 3.02. The molecule has 3 N–H and O–H groups in total. The highest BCUT2D eigenvalue weighted by Gasteiger charge is 2.14. The molecule has 1 aromatic carbocycles. The lowest BCUT2D eigenvalue weighted by Gasteiger charge is -2.14. The van der Waals surface area contributed by atoms with Crippen molar-refractivity contribution in [3.05, 3.63) is 28.8 Å². The second-order valence-corrected chi connectivity index (χ2v) is 5.27. The molecule has 0 aliphatic carbocycles. The summed E-state index contributed by atoms with van der Waals surface area (Å²) in [5.41, 5.74) is 6.09. The number of hydrogen-bond donors (Lipinski definition) is 2. The number of carbonyl (C=O) groups is 1. The van der Waals surface area contributed by atoms with Crippen molar-refractivity contribution in [1.82, 2.24) is 5.32 Å². The molecule has 0 radical (unpaired) electrons. The van der Waals surface area contributed by atoms with E-state index in [2.05, 4.69) is 5.32 Å². The second kappa shape index (κ2) is 9.06. The van der Waals surface area contributed by atoms with Crippen molar-refractivity contribution >= 4 is 29.9 Å². The van der Waals surface area contributed by atoms with E-state index in [4.69, 9.17) is 22.1 Å². The zero-order valence-corrected chi connectivity index (χ0v) is 13.6. The van der Waals surface area contributed by atoms with Crippen LogP contribution < -0.4 is 15.8 Å². The summed E-state index contributed by atoms with van der Waals surface area (Å²) >= 11 is 5.93. The van der Waals surface area contributed by atoms with Gasteiger partial charge in [0.05, 0.1) is 11.7 Å². The molecule has 1 rings (SSSR count). The van der Waals surface area contributed by atoms with E-state index in [0.29, 0.717) is 22.9 Å². The molecule has 0 aromatic heterocycles. The molecular formula is C14H22Cl2N2O2. The molecule has 0 aliphatic heterocycles. The van der Waals surface area contributed by atoms with E-state index >= 15 is 0 Å². The van der Waals surface area contributed by atoms with Gasteiger partial charge in [0, 0.05) is 17.6 Å². The summed E-state index contributed by atoms with van der Waals surface area (Å²) < 4.78 is 5.60. The molecule has 1 aromatic rings. The Hall–Kier alpha value is -0.970. The van der Waals surface area contributed by atoms with Gasteiger partial charge >= 0.3 is 0 Å². The first-order valence-corrected chi connectivity index (χ1v) is 6.78. The molecule has 6 heteroatoms. The van der Waals surface area contributed by atoms with Gasteiger partial charge in [-0.05, 0) is 45.4 Å². The molecule has 1 amide bonds. The molecule has 0 saturated carbocycles. The Labute approximate surface area is 131 Å². The van der Waals surface area contributed by atoms with E-state index in [1.165, 1.54) is 0 Å². The summed E-state index contributed by atoms with van der Waals surface area (Å²) in [5, 5.41) is 3.32. The fourth-order valence-corrected chi connectivity index (χ4v) is 1.72. The normalized spacial score (nSPS) is 11.7. The number of hydrogen-bond acceptors (Lipinski definition) is 3. The molecule has 4 nitrogen and oxygen atoms in total. The van der Waals surface area contributed by atoms with Gasteiger partial charge in [0.15, 0.2) is 0 Å². The third-order valence-corrected chi connectivity index (χ3v) is 2.67. The number of ether oxygens (including phenoxy) is 1. The van der Waals surface area contributed by atoms with Crippen LogP contribution >= 0.6 is 24.0 Å². The molecule has 0 bridgehead atoms. The van der Waals surface area contributed by atoms with E-state index in [-0.39, 0.29) is 30.5 Å². The number of nitrogens with one attached hydrogen (secondary N) is 1. The van der Waals surface area contributed by atoms with Crippen LogP contribution in [0.15, 0.2) is 18.2 Å². The lowest BCUT2D eigenvalue weighted by molar-refractivity contribution is 0.0947. The van der Waals surface area contributed by atoms with Crippen LogP contribution in [0.1, 0.15) is 37.6 Å². The Morgan fingerprint density at radius 1 is 1.40 bits per heavy atom. The SMILES string of the molecule is CC(N)CCNC(=O)c1cc(Cl)ccc1OC(C)C.Cl. The molecular weight excluding hydrogens is 299 g/mol. The van der Waals surface area contributed by atoms with E-state index in [0.717, 1.165) is 6.42 Å².